The maximum atomic E-state index is 12.8. The molecule has 0 atom stereocenters. The van der Waals surface area contributed by atoms with Crippen molar-refractivity contribution in [3.05, 3.63) is 51.1 Å². The predicted molar refractivity (Wildman–Crippen MR) is 116 cm³/mol. The predicted octanol–water partition coefficient (Wildman–Crippen LogP) is 4.30. The number of halogens is 1. The fourth-order valence-electron chi connectivity index (χ4n) is 4.21. The van der Waals surface area contributed by atoms with Gasteiger partial charge in [-0.2, -0.15) is 0 Å². The van der Waals surface area contributed by atoms with Gasteiger partial charge in [0.1, 0.15) is 17.0 Å². The van der Waals surface area contributed by atoms with Crippen molar-refractivity contribution in [2.24, 2.45) is 0 Å². The summed E-state index contributed by atoms with van der Waals surface area (Å²) in [5, 5.41) is 1.26. The summed E-state index contributed by atoms with van der Waals surface area (Å²) in [7, 11) is 0. The van der Waals surface area contributed by atoms with E-state index in [9.17, 15) is 4.79 Å². The summed E-state index contributed by atoms with van der Waals surface area (Å²) < 4.78 is 0.987. The van der Waals surface area contributed by atoms with Crippen LogP contribution in [0.4, 0.5) is 5.82 Å². The molecule has 2 aliphatic rings. The zero-order valence-electron chi connectivity index (χ0n) is 15.5. The highest BCUT2D eigenvalue weighted by atomic mass is 79.9. The number of nitrogens with zero attached hydrogens (tertiary/aromatic N) is 4. The summed E-state index contributed by atoms with van der Waals surface area (Å²) in [6.45, 7) is 3.04. The van der Waals surface area contributed by atoms with Crippen molar-refractivity contribution in [3.63, 3.8) is 0 Å². The molecule has 0 unspecified atom stereocenters. The van der Waals surface area contributed by atoms with E-state index in [0.717, 1.165) is 40.2 Å². The number of aromatic nitrogens is 2. The second-order valence-electron chi connectivity index (χ2n) is 7.37. The molecule has 5 rings (SSSR count). The Hall–Kier alpha value is -1.99. The number of anilines is 1. The molecule has 1 saturated heterocycles. The van der Waals surface area contributed by atoms with Gasteiger partial charge >= 0.3 is 0 Å². The number of carbonyl (C=O) groups excluding carboxylic acids is 1. The Morgan fingerprint density at radius 3 is 2.54 bits per heavy atom. The lowest BCUT2D eigenvalue weighted by Crippen LogP contribution is -2.49. The number of fused-ring (bicyclic) bond motifs is 3. The summed E-state index contributed by atoms with van der Waals surface area (Å²) in [6.07, 6.45) is 6.53. The van der Waals surface area contributed by atoms with Gasteiger partial charge in [0.15, 0.2) is 0 Å². The Morgan fingerprint density at radius 1 is 1.00 bits per heavy atom. The third kappa shape index (κ3) is 3.20. The van der Waals surface area contributed by atoms with Crippen LogP contribution < -0.4 is 4.90 Å². The zero-order valence-corrected chi connectivity index (χ0v) is 17.9. The van der Waals surface area contributed by atoms with Crippen molar-refractivity contribution in [1.29, 1.82) is 0 Å². The van der Waals surface area contributed by atoms with E-state index in [4.69, 9.17) is 0 Å². The summed E-state index contributed by atoms with van der Waals surface area (Å²) in [6, 6.07) is 7.59. The molecule has 3 aromatic rings. The second kappa shape index (κ2) is 7.44. The molecule has 1 aromatic carbocycles. The van der Waals surface area contributed by atoms with Crippen LogP contribution in [-0.4, -0.2) is 47.0 Å². The minimum atomic E-state index is 0.105. The highest BCUT2D eigenvalue weighted by molar-refractivity contribution is 9.10. The molecule has 1 amide bonds. The number of hydrogen-bond acceptors (Lipinski definition) is 5. The first kappa shape index (κ1) is 18.1. The largest absolute Gasteiger partial charge is 0.352 e. The van der Waals surface area contributed by atoms with E-state index in [0.29, 0.717) is 13.1 Å². The number of rotatable bonds is 2. The third-order valence-corrected chi connectivity index (χ3v) is 7.42. The lowest BCUT2D eigenvalue weighted by atomic mass is 9.97. The van der Waals surface area contributed by atoms with Crippen LogP contribution in [0.5, 0.6) is 0 Å². The summed E-state index contributed by atoms with van der Waals surface area (Å²) in [4.78, 5) is 28.9. The number of benzene rings is 1. The number of aryl methyl sites for hydroxylation is 2. The van der Waals surface area contributed by atoms with Gasteiger partial charge in [-0.1, -0.05) is 15.9 Å². The van der Waals surface area contributed by atoms with Crippen molar-refractivity contribution in [2.75, 3.05) is 31.1 Å². The van der Waals surface area contributed by atoms with E-state index in [1.807, 2.05) is 40.5 Å². The molecule has 1 aliphatic carbocycles. The zero-order chi connectivity index (χ0) is 19.1. The monoisotopic (exact) mass is 456 g/mol. The van der Waals surface area contributed by atoms with Gasteiger partial charge < -0.3 is 9.80 Å². The minimum Gasteiger partial charge on any atom is -0.352 e. The molecule has 0 radical (unpaired) electrons. The standard InChI is InChI=1S/C21H21BrN4OS/c22-15-7-5-14(6-8-15)21(27)26-11-9-25(10-12-26)19-18-16-3-1-2-4-17(16)28-20(18)24-13-23-19/h5-8,13H,1-4,9-12H2. The fourth-order valence-corrected chi connectivity index (χ4v) is 5.70. The van der Waals surface area contributed by atoms with Crippen molar-refractivity contribution in [1.82, 2.24) is 14.9 Å². The molecular weight excluding hydrogens is 436 g/mol. The smallest absolute Gasteiger partial charge is 0.253 e. The van der Waals surface area contributed by atoms with E-state index in [1.165, 1.54) is 35.1 Å². The minimum absolute atomic E-state index is 0.105. The molecule has 0 saturated carbocycles. The maximum absolute atomic E-state index is 12.8. The van der Waals surface area contributed by atoms with Crippen LogP contribution in [0.2, 0.25) is 0 Å². The van der Waals surface area contributed by atoms with Crippen molar-refractivity contribution >= 4 is 49.2 Å². The van der Waals surface area contributed by atoms with Crippen molar-refractivity contribution < 1.29 is 4.79 Å². The SMILES string of the molecule is O=C(c1ccc(Br)cc1)N1CCN(c2ncnc3sc4c(c23)CCCC4)CC1. The van der Waals surface area contributed by atoms with E-state index >= 15 is 0 Å². The Bertz CT molecular complexity index is 1020. The van der Waals surface area contributed by atoms with Gasteiger partial charge in [0, 0.05) is 41.1 Å². The first-order valence-electron chi connectivity index (χ1n) is 9.76. The van der Waals surface area contributed by atoms with Gasteiger partial charge in [-0.3, -0.25) is 4.79 Å². The lowest BCUT2D eigenvalue weighted by Gasteiger charge is -2.35. The lowest BCUT2D eigenvalue weighted by molar-refractivity contribution is 0.0746. The Labute approximate surface area is 176 Å². The molecule has 1 fully saturated rings. The summed E-state index contributed by atoms with van der Waals surface area (Å²) in [5.41, 5.74) is 2.21. The van der Waals surface area contributed by atoms with Crippen LogP contribution in [-0.2, 0) is 12.8 Å². The molecule has 0 N–H and O–H groups in total. The summed E-state index contributed by atoms with van der Waals surface area (Å²) in [5.74, 6) is 1.16. The molecule has 5 nitrogen and oxygen atoms in total. The molecule has 1 aliphatic heterocycles. The van der Waals surface area contributed by atoms with Crippen LogP contribution in [0, 0.1) is 0 Å². The Kier molecular flexibility index (Phi) is 4.80. The van der Waals surface area contributed by atoms with Gasteiger partial charge in [-0.15, -0.1) is 11.3 Å². The van der Waals surface area contributed by atoms with Gasteiger partial charge in [0.2, 0.25) is 0 Å². The van der Waals surface area contributed by atoms with Crippen LogP contribution in [0.3, 0.4) is 0 Å². The number of hydrogen-bond donors (Lipinski definition) is 0. The molecule has 28 heavy (non-hydrogen) atoms. The molecule has 3 heterocycles. The molecule has 0 bridgehead atoms. The van der Waals surface area contributed by atoms with E-state index < -0.39 is 0 Å². The topological polar surface area (TPSA) is 49.3 Å². The van der Waals surface area contributed by atoms with E-state index in [-0.39, 0.29) is 5.91 Å². The van der Waals surface area contributed by atoms with Crippen LogP contribution in [0.25, 0.3) is 10.2 Å². The number of amides is 1. The summed E-state index contributed by atoms with van der Waals surface area (Å²) >= 11 is 5.26. The van der Waals surface area contributed by atoms with Gasteiger partial charge in [-0.25, -0.2) is 9.97 Å². The normalized spacial score (nSPS) is 17.0. The quantitative estimate of drug-likeness (QED) is 0.576. The maximum Gasteiger partial charge on any atom is 0.253 e. The number of thiophene rings is 1. The Balaban J connectivity index is 1.36. The van der Waals surface area contributed by atoms with Crippen LogP contribution in [0.15, 0.2) is 35.1 Å². The van der Waals surface area contributed by atoms with E-state index in [1.54, 1.807) is 6.33 Å². The van der Waals surface area contributed by atoms with Crippen molar-refractivity contribution in [3.8, 4) is 0 Å². The highest BCUT2D eigenvalue weighted by Crippen LogP contribution is 2.39. The van der Waals surface area contributed by atoms with Gasteiger partial charge in [0.05, 0.1) is 5.39 Å². The first-order valence-corrected chi connectivity index (χ1v) is 11.4. The number of piperazine rings is 1. The molecular formula is C21H21BrN4OS. The molecule has 7 heteroatoms. The van der Waals surface area contributed by atoms with Crippen LogP contribution >= 0.6 is 27.3 Å². The number of carbonyl (C=O) groups is 1. The highest BCUT2D eigenvalue weighted by Gasteiger charge is 2.26. The first-order chi connectivity index (χ1) is 13.7. The van der Waals surface area contributed by atoms with Crippen molar-refractivity contribution in [2.45, 2.75) is 25.7 Å². The Morgan fingerprint density at radius 2 is 1.75 bits per heavy atom. The fraction of sp³-hybridized carbons (Fsp3) is 0.381. The second-order valence-corrected chi connectivity index (χ2v) is 9.37. The third-order valence-electron chi connectivity index (χ3n) is 5.69. The average molecular weight is 457 g/mol. The van der Waals surface area contributed by atoms with Crippen LogP contribution in [0.1, 0.15) is 33.6 Å². The molecule has 2 aromatic heterocycles. The van der Waals surface area contributed by atoms with Gasteiger partial charge in [-0.05, 0) is 55.5 Å². The van der Waals surface area contributed by atoms with Gasteiger partial charge in [0.25, 0.3) is 5.91 Å². The molecule has 0 spiro atoms. The van der Waals surface area contributed by atoms with E-state index in [2.05, 4.69) is 30.8 Å². The molecule has 144 valence electrons. The average Bonchev–Trinajstić information content (AvgIpc) is 3.13.